The number of methoxy groups -OCH3 is 2. The van der Waals surface area contributed by atoms with Crippen LogP contribution >= 0.6 is 0 Å². The molecule has 2 unspecified atom stereocenters. The molecule has 0 amide bonds. The molecular weight excluding hydrogens is 246 g/mol. The Kier molecular flexibility index (Phi) is 6.45. The van der Waals surface area contributed by atoms with Crippen LogP contribution in [0.2, 0.25) is 0 Å². The SMILES string of the molecule is CCCC(N)C(CO)Oc1cc(OC)cc(OC)c1. The molecule has 3 N–H and O–H groups in total. The minimum Gasteiger partial charge on any atom is -0.496 e. The van der Waals surface area contributed by atoms with Crippen LogP contribution in [0, 0.1) is 0 Å². The van der Waals surface area contributed by atoms with Crippen molar-refractivity contribution in [1.82, 2.24) is 0 Å². The summed E-state index contributed by atoms with van der Waals surface area (Å²) in [5, 5.41) is 9.37. The Balaban J connectivity index is 2.83. The molecule has 0 aliphatic rings. The monoisotopic (exact) mass is 269 g/mol. The Morgan fingerprint density at radius 2 is 1.63 bits per heavy atom. The normalized spacial score (nSPS) is 13.7. The highest BCUT2D eigenvalue weighted by molar-refractivity contribution is 5.42. The van der Waals surface area contributed by atoms with Gasteiger partial charge in [0.25, 0.3) is 0 Å². The number of hydrogen-bond acceptors (Lipinski definition) is 5. The molecule has 0 aromatic heterocycles. The molecule has 5 heteroatoms. The smallest absolute Gasteiger partial charge is 0.137 e. The lowest BCUT2D eigenvalue weighted by Gasteiger charge is -2.23. The summed E-state index contributed by atoms with van der Waals surface area (Å²) in [5.41, 5.74) is 5.98. The van der Waals surface area contributed by atoms with Gasteiger partial charge in [-0.3, -0.25) is 0 Å². The Labute approximate surface area is 114 Å². The quantitative estimate of drug-likeness (QED) is 0.749. The number of aliphatic hydroxyl groups excluding tert-OH is 1. The lowest BCUT2D eigenvalue weighted by atomic mass is 10.1. The molecule has 0 saturated carbocycles. The molecule has 1 aromatic carbocycles. The van der Waals surface area contributed by atoms with E-state index in [1.807, 2.05) is 6.92 Å². The van der Waals surface area contributed by atoms with Crippen molar-refractivity contribution >= 4 is 0 Å². The van der Waals surface area contributed by atoms with E-state index in [0.29, 0.717) is 17.2 Å². The number of benzene rings is 1. The van der Waals surface area contributed by atoms with Gasteiger partial charge < -0.3 is 25.1 Å². The van der Waals surface area contributed by atoms with Crippen molar-refractivity contribution < 1.29 is 19.3 Å². The van der Waals surface area contributed by atoms with E-state index in [2.05, 4.69) is 0 Å². The minimum absolute atomic E-state index is 0.124. The zero-order chi connectivity index (χ0) is 14.3. The average Bonchev–Trinajstić information content (AvgIpc) is 2.44. The molecule has 19 heavy (non-hydrogen) atoms. The molecule has 1 aromatic rings. The van der Waals surface area contributed by atoms with E-state index in [9.17, 15) is 5.11 Å². The first-order chi connectivity index (χ1) is 9.14. The summed E-state index contributed by atoms with van der Waals surface area (Å²) < 4.78 is 16.1. The van der Waals surface area contributed by atoms with Crippen molar-refractivity contribution in [1.29, 1.82) is 0 Å². The number of aliphatic hydroxyl groups is 1. The van der Waals surface area contributed by atoms with E-state index in [1.54, 1.807) is 32.4 Å². The first kappa shape index (κ1) is 15.6. The van der Waals surface area contributed by atoms with Crippen LogP contribution in [0.25, 0.3) is 0 Å². The van der Waals surface area contributed by atoms with E-state index in [-0.39, 0.29) is 12.6 Å². The zero-order valence-electron chi connectivity index (χ0n) is 11.8. The van der Waals surface area contributed by atoms with Crippen molar-refractivity contribution in [2.45, 2.75) is 31.9 Å². The summed E-state index contributed by atoms with van der Waals surface area (Å²) in [5.74, 6) is 1.84. The predicted octanol–water partition coefficient (Wildman–Crippen LogP) is 1.57. The lowest BCUT2D eigenvalue weighted by molar-refractivity contribution is 0.0912. The number of ether oxygens (including phenoxy) is 3. The van der Waals surface area contributed by atoms with Gasteiger partial charge in [-0.05, 0) is 6.42 Å². The summed E-state index contributed by atoms with van der Waals surface area (Å²) in [4.78, 5) is 0. The van der Waals surface area contributed by atoms with E-state index >= 15 is 0 Å². The third-order valence-electron chi connectivity index (χ3n) is 2.89. The molecule has 0 heterocycles. The van der Waals surface area contributed by atoms with Gasteiger partial charge in [-0.25, -0.2) is 0 Å². The largest absolute Gasteiger partial charge is 0.496 e. The van der Waals surface area contributed by atoms with Crippen LogP contribution in [0.1, 0.15) is 19.8 Å². The Bertz CT molecular complexity index is 361. The molecule has 0 aliphatic carbocycles. The third-order valence-corrected chi connectivity index (χ3v) is 2.89. The van der Waals surface area contributed by atoms with E-state index < -0.39 is 6.10 Å². The standard InChI is InChI=1S/C14H23NO4/c1-4-5-13(15)14(9-16)19-12-7-10(17-2)6-11(8-12)18-3/h6-8,13-14,16H,4-5,9,15H2,1-3H3. The molecule has 1 rings (SSSR count). The second-order valence-electron chi connectivity index (χ2n) is 4.34. The lowest BCUT2D eigenvalue weighted by Crippen LogP contribution is -2.41. The molecule has 0 radical (unpaired) electrons. The van der Waals surface area contributed by atoms with Crippen LogP contribution in [0.5, 0.6) is 17.2 Å². The summed E-state index contributed by atoms with van der Waals surface area (Å²) >= 11 is 0. The van der Waals surface area contributed by atoms with Gasteiger partial charge >= 0.3 is 0 Å². The van der Waals surface area contributed by atoms with Gasteiger partial charge in [0.15, 0.2) is 0 Å². The third kappa shape index (κ3) is 4.61. The molecule has 0 spiro atoms. The fraction of sp³-hybridized carbons (Fsp3) is 0.571. The van der Waals surface area contributed by atoms with Crippen molar-refractivity contribution in [3.8, 4) is 17.2 Å². The molecular formula is C14H23NO4. The molecule has 0 bridgehead atoms. The van der Waals surface area contributed by atoms with Crippen molar-refractivity contribution in [3.63, 3.8) is 0 Å². The maximum atomic E-state index is 9.37. The van der Waals surface area contributed by atoms with Gasteiger partial charge in [0, 0.05) is 24.2 Å². The topological polar surface area (TPSA) is 73.9 Å². The van der Waals surface area contributed by atoms with Crippen LogP contribution in [-0.4, -0.2) is 38.1 Å². The highest BCUT2D eigenvalue weighted by Crippen LogP contribution is 2.28. The highest BCUT2D eigenvalue weighted by Gasteiger charge is 2.18. The maximum Gasteiger partial charge on any atom is 0.137 e. The van der Waals surface area contributed by atoms with Crippen molar-refractivity contribution in [2.75, 3.05) is 20.8 Å². The van der Waals surface area contributed by atoms with Crippen molar-refractivity contribution in [2.24, 2.45) is 5.73 Å². The second kappa shape index (κ2) is 7.86. The summed E-state index contributed by atoms with van der Waals surface area (Å²) in [6.07, 6.45) is 1.31. The highest BCUT2D eigenvalue weighted by atomic mass is 16.5. The van der Waals surface area contributed by atoms with Gasteiger partial charge in [0.2, 0.25) is 0 Å². The Morgan fingerprint density at radius 1 is 1.11 bits per heavy atom. The molecule has 0 aliphatic heterocycles. The minimum atomic E-state index is -0.434. The fourth-order valence-electron chi connectivity index (χ4n) is 1.80. The number of rotatable bonds is 8. The number of nitrogens with two attached hydrogens (primary N) is 1. The summed E-state index contributed by atoms with van der Waals surface area (Å²) in [6, 6.07) is 5.03. The predicted molar refractivity (Wildman–Crippen MR) is 73.9 cm³/mol. The Hall–Kier alpha value is -1.46. The van der Waals surface area contributed by atoms with Gasteiger partial charge in [-0.15, -0.1) is 0 Å². The van der Waals surface area contributed by atoms with Gasteiger partial charge in [-0.1, -0.05) is 13.3 Å². The maximum absolute atomic E-state index is 9.37. The molecule has 108 valence electrons. The fourth-order valence-corrected chi connectivity index (χ4v) is 1.80. The summed E-state index contributed by atoms with van der Waals surface area (Å²) in [6.45, 7) is 1.92. The van der Waals surface area contributed by atoms with Crippen LogP contribution in [0.15, 0.2) is 18.2 Å². The Morgan fingerprint density at radius 3 is 2.05 bits per heavy atom. The molecule has 2 atom stereocenters. The second-order valence-corrected chi connectivity index (χ2v) is 4.34. The molecule has 5 nitrogen and oxygen atoms in total. The van der Waals surface area contributed by atoms with E-state index in [1.165, 1.54) is 0 Å². The van der Waals surface area contributed by atoms with E-state index in [4.69, 9.17) is 19.9 Å². The van der Waals surface area contributed by atoms with Crippen LogP contribution in [0.4, 0.5) is 0 Å². The first-order valence-electron chi connectivity index (χ1n) is 6.40. The van der Waals surface area contributed by atoms with Gasteiger partial charge in [-0.2, -0.15) is 0 Å². The van der Waals surface area contributed by atoms with Gasteiger partial charge in [0.1, 0.15) is 23.4 Å². The first-order valence-corrected chi connectivity index (χ1v) is 6.40. The van der Waals surface area contributed by atoms with E-state index in [0.717, 1.165) is 12.8 Å². The summed E-state index contributed by atoms with van der Waals surface area (Å²) in [7, 11) is 3.15. The zero-order valence-corrected chi connectivity index (χ0v) is 11.8. The average molecular weight is 269 g/mol. The van der Waals surface area contributed by atoms with Crippen LogP contribution in [-0.2, 0) is 0 Å². The van der Waals surface area contributed by atoms with Crippen LogP contribution in [0.3, 0.4) is 0 Å². The molecule has 0 saturated heterocycles. The molecule has 0 fully saturated rings. The van der Waals surface area contributed by atoms with Crippen molar-refractivity contribution in [3.05, 3.63) is 18.2 Å². The van der Waals surface area contributed by atoms with Gasteiger partial charge in [0.05, 0.1) is 20.8 Å². The van der Waals surface area contributed by atoms with Crippen LogP contribution < -0.4 is 19.9 Å². The number of hydrogen-bond donors (Lipinski definition) is 2.